The molecule has 7 nitrogen and oxygen atoms in total. The van der Waals surface area contributed by atoms with Crippen LogP contribution in [0.4, 0.5) is 0 Å². The van der Waals surface area contributed by atoms with Gasteiger partial charge in [-0.05, 0) is 56.8 Å². The molecule has 29 heavy (non-hydrogen) atoms. The first kappa shape index (κ1) is 20.3. The van der Waals surface area contributed by atoms with Gasteiger partial charge in [0.15, 0.2) is 11.5 Å². The van der Waals surface area contributed by atoms with Crippen molar-refractivity contribution in [3.63, 3.8) is 0 Å². The van der Waals surface area contributed by atoms with Gasteiger partial charge in [-0.25, -0.2) is 0 Å². The van der Waals surface area contributed by atoms with E-state index in [-0.39, 0.29) is 11.3 Å². The van der Waals surface area contributed by atoms with E-state index < -0.39 is 0 Å². The van der Waals surface area contributed by atoms with E-state index in [4.69, 9.17) is 5.10 Å². The fourth-order valence-electron chi connectivity index (χ4n) is 4.70. The van der Waals surface area contributed by atoms with Crippen LogP contribution in [0.5, 0.6) is 0 Å². The summed E-state index contributed by atoms with van der Waals surface area (Å²) in [5.41, 5.74) is 1.91. The van der Waals surface area contributed by atoms with E-state index in [1.807, 2.05) is 15.5 Å². The first-order chi connectivity index (χ1) is 13.8. The number of nitrogens with zero attached hydrogens (tertiary/aromatic N) is 6. The second-order valence-corrected chi connectivity index (χ2v) is 9.84. The van der Waals surface area contributed by atoms with Gasteiger partial charge in [0.25, 0.3) is 0 Å². The van der Waals surface area contributed by atoms with Crippen LogP contribution >= 0.6 is 0 Å². The molecule has 1 amide bonds. The summed E-state index contributed by atoms with van der Waals surface area (Å²) in [7, 11) is 0. The lowest BCUT2D eigenvalue weighted by molar-refractivity contribution is -0.130. The third kappa shape index (κ3) is 4.44. The maximum atomic E-state index is 11.7. The third-order valence-electron chi connectivity index (χ3n) is 6.49. The molecular formula is C22H34N6O. The van der Waals surface area contributed by atoms with Crippen LogP contribution in [0.1, 0.15) is 70.8 Å². The molecule has 4 rings (SSSR count). The molecule has 1 atom stereocenters. The number of carbonyl (C=O) groups excluding carboxylic acids is 1. The van der Waals surface area contributed by atoms with E-state index in [0.717, 1.165) is 69.2 Å². The Bertz CT molecular complexity index is 862. The fraction of sp³-hybridized carbons (Fsp3) is 0.727. The largest absolute Gasteiger partial charge is 0.343 e. The Balaban J connectivity index is 1.39. The van der Waals surface area contributed by atoms with Crippen LogP contribution in [0.25, 0.3) is 5.65 Å². The Hall–Kier alpha value is -2.02. The van der Waals surface area contributed by atoms with Crippen molar-refractivity contribution >= 4 is 11.6 Å². The quantitative estimate of drug-likeness (QED) is 0.795. The number of carbonyl (C=O) groups is 1. The van der Waals surface area contributed by atoms with Gasteiger partial charge >= 0.3 is 0 Å². The first-order valence-corrected chi connectivity index (χ1v) is 11.0. The Labute approximate surface area is 173 Å². The molecule has 7 heteroatoms. The molecule has 2 fully saturated rings. The van der Waals surface area contributed by atoms with Crippen molar-refractivity contribution < 1.29 is 4.79 Å². The van der Waals surface area contributed by atoms with Crippen molar-refractivity contribution in [1.29, 1.82) is 0 Å². The lowest BCUT2D eigenvalue weighted by Crippen LogP contribution is -2.44. The van der Waals surface area contributed by atoms with E-state index >= 15 is 0 Å². The topological polar surface area (TPSA) is 66.6 Å². The Morgan fingerprint density at radius 2 is 1.86 bits per heavy atom. The standard InChI is InChI=1S/C22H34N6O/c1-16(29)27-11-5-6-17(15-27)14-26-12-9-18(10-13-26)21-24-23-20-8-7-19(22(2,3)4)25-28(20)21/h7-8,17-18H,5-6,9-15H2,1-4H3. The van der Waals surface area contributed by atoms with Crippen molar-refractivity contribution in [3.05, 3.63) is 23.7 Å². The number of fused-ring (bicyclic) bond motifs is 1. The van der Waals surface area contributed by atoms with Crippen molar-refractivity contribution in [2.45, 2.75) is 64.7 Å². The summed E-state index contributed by atoms with van der Waals surface area (Å²) in [4.78, 5) is 16.3. The molecule has 0 N–H and O–H groups in total. The van der Waals surface area contributed by atoms with Crippen LogP contribution < -0.4 is 0 Å². The van der Waals surface area contributed by atoms with Gasteiger partial charge in [0.2, 0.25) is 5.91 Å². The summed E-state index contributed by atoms with van der Waals surface area (Å²) >= 11 is 0. The summed E-state index contributed by atoms with van der Waals surface area (Å²) in [5, 5.41) is 13.7. The molecule has 4 heterocycles. The van der Waals surface area contributed by atoms with Gasteiger partial charge in [-0.1, -0.05) is 20.8 Å². The summed E-state index contributed by atoms with van der Waals surface area (Å²) < 4.78 is 1.97. The summed E-state index contributed by atoms with van der Waals surface area (Å²) in [6, 6.07) is 4.09. The predicted octanol–water partition coefficient (Wildman–Crippen LogP) is 2.86. The zero-order chi connectivity index (χ0) is 20.6. The number of aromatic nitrogens is 4. The maximum absolute atomic E-state index is 11.7. The monoisotopic (exact) mass is 398 g/mol. The van der Waals surface area contributed by atoms with Gasteiger partial charge in [0.1, 0.15) is 0 Å². The molecule has 0 radical (unpaired) electrons. The Morgan fingerprint density at radius 3 is 2.55 bits per heavy atom. The third-order valence-corrected chi connectivity index (χ3v) is 6.49. The maximum Gasteiger partial charge on any atom is 0.219 e. The molecule has 0 aromatic carbocycles. The molecule has 2 aromatic rings. The van der Waals surface area contributed by atoms with Crippen molar-refractivity contribution in [2.24, 2.45) is 5.92 Å². The zero-order valence-electron chi connectivity index (χ0n) is 18.3. The zero-order valence-corrected chi connectivity index (χ0v) is 18.3. The highest BCUT2D eigenvalue weighted by Crippen LogP contribution is 2.29. The van der Waals surface area contributed by atoms with Crippen LogP contribution in [0, 0.1) is 5.92 Å². The smallest absolute Gasteiger partial charge is 0.219 e. The van der Waals surface area contributed by atoms with Gasteiger partial charge in [-0.15, -0.1) is 10.2 Å². The van der Waals surface area contributed by atoms with Gasteiger partial charge in [0, 0.05) is 37.9 Å². The molecule has 2 aliphatic rings. The molecule has 158 valence electrons. The summed E-state index contributed by atoms with van der Waals surface area (Å²) in [6.45, 7) is 13.3. The lowest BCUT2D eigenvalue weighted by Gasteiger charge is -2.37. The van der Waals surface area contributed by atoms with Gasteiger partial charge < -0.3 is 9.80 Å². The van der Waals surface area contributed by atoms with E-state index in [2.05, 4.69) is 41.9 Å². The van der Waals surface area contributed by atoms with Crippen LogP contribution in [-0.2, 0) is 10.2 Å². The fourth-order valence-corrected chi connectivity index (χ4v) is 4.70. The SMILES string of the molecule is CC(=O)N1CCCC(CN2CCC(c3nnc4ccc(C(C)(C)C)nn34)CC2)C1. The molecule has 0 aliphatic carbocycles. The molecule has 2 aliphatic heterocycles. The second kappa shape index (κ2) is 8.01. The number of hydrogen-bond donors (Lipinski definition) is 0. The summed E-state index contributed by atoms with van der Waals surface area (Å²) in [5.74, 6) is 2.23. The van der Waals surface area contributed by atoms with E-state index in [1.54, 1.807) is 6.92 Å². The number of rotatable bonds is 3. The van der Waals surface area contributed by atoms with E-state index in [0.29, 0.717) is 11.8 Å². The first-order valence-electron chi connectivity index (χ1n) is 11.0. The highest BCUT2D eigenvalue weighted by atomic mass is 16.2. The normalized spacial score (nSPS) is 22.3. The molecule has 0 saturated carbocycles. The van der Waals surface area contributed by atoms with Gasteiger partial charge in [-0.3, -0.25) is 4.79 Å². The molecular weight excluding hydrogens is 364 g/mol. The van der Waals surface area contributed by atoms with Crippen molar-refractivity contribution in [1.82, 2.24) is 29.6 Å². The molecule has 1 unspecified atom stereocenters. The molecule has 2 saturated heterocycles. The van der Waals surface area contributed by atoms with Crippen LogP contribution in [0.15, 0.2) is 12.1 Å². The summed E-state index contributed by atoms with van der Waals surface area (Å²) in [6.07, 6.45) is 4.54. The lowest BCUT2D eigenvalue weighted by atomic mass is 9.92. The predicted molar refractivity (Wildman–Crippen MR) is 113 cm³/mol. The van der Waals surface area contributed by atoms with Crippen LogP contribution in [0.3, 0.4) is 0 Å². The van der Waals surface area contributed by atoms with Crippen molar-refractivity contribution in [3.8, 4) is 0 Å². The number of hydrogen-bond acceptors (Lipinski definition) is 5. The Morgan fingerprint density at radius 1 is 1.10 bits per heavy atom. The minimum atomic E-state index is 0.00679. The van der Waals surface area contributed by atoms with Crippen LogP contribution in [0.2, 0.25) is 0 Å². The highest BCUT2D eigenvalue weighted by Gasteiger charge is 2.29. The number of amides is 1. The molecule has 0 spiro atoms. The van der Waals surface area contributed by atoms with Gasteiger partial charge in [-0.2, -0.15) is 9.61 Å². The second-order valence-electron chi connectivity index (χ2n) is 9.84. The van der Waals surface area contributed by atoms with E-state index in [1.165, 1.54) is 6.42 Å². The number of piperidine rings is 2. The van der Waals surface area contributed by atoms with Gasteiger partial charge in [0.05, 0.1) is 5.69 Å². The van der Waals surface area contributed by atoms with Crippen molar-refractivity contribution in [2.75, 3.05) is 32.7 Å². The minimum absolute atomic E-state index is 0.00679. The number of likely N-dealkylation sites (tertiary alicyclic amines) is 2. The van der Waals surface area contributed by atoms with Crippen LogP contribution in [-0.4, -0.2) is 68.2 Å². The average molecular weight is 399 g/mol. The molecule has 2 aromatic heterocycles. The average Bonchev–Trinajstić information content (AvgIpc) is 3.11. The Kier molecular flexibility index (Phi) is 5.60. The van der Waals surface area contributed by atoms with E-state index in [9.17, 15) is 4.79 Å². The minimum Gasteiger partial charge on any atom is -0.343 e. The highest BCUT2D eigenvalue weighted by molar-refractivity contribution is 5.73. The molecule has 0 bridgehead atoms.